The lowest BCUT2D eigenvalue weighted by Crippen LogP contribution is -1.89. The first-order chi connectivity index (χ1) is 6.35. The van der Waals surface area contributed by atoms with Gasteiger partial charge in [-0.05, 0) is 0 Å². The third-order valence-corrected chi connectivity index (χ3v) is 1.84. The highest BCUT2D eigenvalue weighted by Gasteiger charge is 2.07. The van der Waals surface area contributed by atoms with Crippen LogP contribution >= 0.6 is 0 Å². The van der Waals surface area contributed by atoms with Gasteiger partial charge in [-0.2, -0.15) is 0 Å². The van der Waals surface area contributed by atoms with Crippen molar-refractivity contribution in [1.82, 2.24) is 4.98 Å². The second kappa shape index (κ2) is 2.97. The smallest absolute Gasteiger partial charge is 0.181 e. The van der Waals surface area contributed by atoms with Gasteiger partial charge in [0.1, 0.15) is 5.52 Å². The van der Waals surface area contributed by atoms with E-state index in [4.69, 9.17) is 13.9 Å². The van der Waals surface area contributed by atoms with Gasteiger partial charge in [0, 0.05) is 12.1 Å². The van der Waals surface area contributed by atoms with E-state index in [2.05, 4.69) is 4.98 Å². The molecule has 68 valence electrons. The zero-order valence-corrected chi connectivity index (χ0v) is 7.40. The maximum Gasteiger partial charge on any atom is 0.181 e. The fourth-order valence-electron chi connectivity index (χ4n) is 1.18. The molecule has 0 saturated heterocycles. The van der Waals surface area contributed by atoms with Gasteiger partial charge in [-0.3, -0.25) is 0 Å². The monoisotopic (exact) mass is 179 g/mol. The molecule has 1 aromatic carbocycles. The highest BCUT2D eigenvalue weighted by Crippen LogP contribution is 2.31. The number of hydrogen-bond donors (Lipinski definition) is 0. The molecule has 2 aromatic rings. The second-order valence-electron chi connectivity index (χ2n) is 2.53. The Morgan fingerprint density at radius 3 is 2.54 bits per heavy atom. The maximum atomic E-state index is 5.11. The lowest BCUT2D eigenvalue weighted by Gasteiger charge is -2.05. The minimum atomic E-state index is 0.645. The van der Waals surface area contributed by atoms with Gasteiger partial charge >= 0.3 is 0 Å². The van der Waals surface area contributed by atoms with Gasteiger partial charge in [-0.15, -0.1) is 0 Å². The summed E-state index contributed by atoms with van der Waals surface area (Å²) in [6, 6.07) is 3.53. The van der Waals surface area contributed by atoms with E-state index in [1.54, 1.807) is 26.4 Å². The Morgan fingerprint density at radius 1 is 1.15 bits per heavy atom. The van der Waals surface area contributed by atoms with Gasteiger partial charge in [-0.25, -0.2) is 4.98 Å². The molecule has 0 atom stereocenters. The van der Waals surface area contributed by atoms with Crippen LogP contribution in [0.2, 0.25) is 0 Å². The minimum absolute atomic E-state index is 0.645. The number of ether oxygens (including phenoxy) is 2. The summed E-state index contributed by atoms with van der Waals surface area (Å²) in [6.45, 7) is 0. The molecule has 2 rings (SSSR count). The zero-order chi connectivity index (χ0) is 9.26. The maximum absolute atomic E-state index is 5.11. The van der Waals surface area contributed by atoms with E-state index < -0.39 is 0 Å². The summed E-state index contributed by atoms with van der Waals surface area (Å²) in [7, 11) is 3.17. The third kappa shape index (κ3) is 1.20. The molecule has 13 heavy (non-hydrogen) atoms. The van der Waals surface area contributed by atoms with E-state index >= 15 is 0 Å². The van der Waals surface area contributed by atoms with Crippen molar-refractivity contribution in [2.45, 2.75) is 0 Å². The largest absolute Gasteiger partial charge is 0.493 e. The Bertz CT molecular complexity index is 384. The van der Waals surface area contributed by atoms with Crippen molar-refractivity contribution in [3.05, 3.63) is 18.5 Å². The summed E-state index contributed by atoms with van der Waals surface area (Å²) in [5, 5.41) is 0. The summed E-state index contributed by atoms with van der Waals surface area (Å²) in [4.78, 5) is 4.00. The van der Waals surface area contributed by atoms with E-state index in [1.807, 2.05) is 0 Å². The molecule has 0 radical (unpaired) electrons. The Kier molecular flexibility index (Phi) is 1.81. The third-order valence-electron chi connectivity index (χ3n) is 1.84. The van der Waals surface area contributed by atoms with E-state index in [1.165, 1.54) is 6.39 Å². The average molecular weight is 179 g/mol. The first-order valence-corrected chi connectivity index (χ1v) is 3.80. The van der Waals surface area contributed by atoms with E-state index in [0.717, 1.165) is 5.52 Å². The molecule has 0 saturated carbocycles. The van der Waals surface area contributed by atoms with Crippen LogP contribution in [-0.2, 0) is 0 Å². The van der Waals surface area contributed by atoms with Gasteiger partial charge in [-0.1, -0.05) is 0 Å². The summed E-state index contributed by atoms with van der Waals surface area (Å²) in [6.07, 6.45) is 1.39. The number of nitrogens with zero attached hydrogens (tertiary/aromatic N) is 1. The molecule has 0 fully saturated rings. The Labute approximate surface area is 75.1 Å². The van der Waals surface area contributed by atoms with Crippen LogP contribution in [0, 0.1) is 0 Å². The Hall–Kier alpha value is -1.71. The summed E-state index contributed by atoms with van der Waals surface area (Å²) in [5.74, 6) is 1.30. The number of benzene rings is 1. The lowest BCUT2D eigenvalue weighted by molar-refractivity contribution is 0.355. The van der Waals surface area contributed by atoms with E-state index in [9.17, 15) is 0 Å². The number of hydrogen-bond acceptors (Lipinski definition) is 4. The topological polar surface area (TPSA) is 44.5 Å². The number of oxazole rings is 1. The highest BCUT2D eigenvalue weighted by molar-refractivity contribution is 5.77. The Morgan fingerprint density at radius 2 is 1.85 bits per heavy atom. The van der Waals surface area contributed by atoms with Gasteiger partial charge in [0.15, 0.2) is 23.5 Å². The van der Waals surface area contributed by atoms with E-state index in [-0.39, 0.29) is 0 Å². The van der Waals surface area contributed by atoms with Gasteiger partial charge in [0.2, 0.25) is 0 Å². The molecular weight excluding hydrogens is 170 g/mol. The van der Waals surface area contributed by atoms with Gasteiger partial charge in [0.25, 0.3) is 0 Å². The zero-order valence-electron chi connectivity index (χ0n) is 7.40. The van der Waals surface area contributed by atoms with Gasteiger partial charge < -0.3 is 13.9 Å². The lowest BCUT2D eigenvalue weighted by atomic mass is 10.3. The van der Waals surface area contributed by atoms with Gasteiger partial charge in [0.05, 0.1) is 14.2 Å². The predicted octanol–water partition coefficient (Wildman–Crippen LogP) is 1.84. The fraction of sp³-hybridized carbons (Fsp3) is 0.222. The SMILES string of the molecule is COc1cc2ncoc2cc1OC. The standard InChI is InChI=1S/C9H9NO3/c1-11-8-3-6-7(13-5-10-6)4-9(8)12-2/h3-5H,1-2H3. The highest BCUT2D eigenvalue weighted by atomic mass is 16.5. The molecular formula is C9H9NO3. The second-order valence-corrected chi connectivity index (χ2v) is 2.53. The molecule has 0 N–H and O–H groups in total. The quantitative estimate of drug-likeness (QED) is 0.705. The van der Waals surface area contributed by atoms with Crippen molar-refractivity contribution < 1.29 is 13.9 Å². The predicted molar refractivity (Wildman–Crippen MR) is 47.1 cm³/mol. The summed E-state index contributed by atoms with van der Waals surface area (Å²) in [5.41, 5.74) is 1.45. The fourth-order valence-corrected chi connectivity index (χ4v) is 1.18. The molecule has 0 unspecified atom stereocenters. The average Bonchev–Trinajstić information content (AvgIpc) is 2.62. The molecule has 1 heterocycles. The first kappa shape index (κ1) is 7.91. The molecule has 4 heteroatoms. The molecule has 0 aliphatic heterocycles. The molecule has 4 nitrogen and oxygen atoms in total. The number of fused-ring (bicyclic) bond motifs is 1. The Balaban J connectivity index is 2.67. The molecule has 0 bridgehead atoms. The van der Waals surface area contributed by atoms with Crippen LogP contribution in [0.15, 0.2) is 22.9 Å². The van der Waals surface area contributed by atoms with Crippen LogP contribution < -0.4 is 9.47 Å². The van der Waals surface area contributed by atoms with Crippen LogP contribution in [-0.4, -0.2) is 19.2 Å². The number of aromatic nitrogens is 1. The van der Waals surface area contributed by atoms with Crippen LogP contribution in [0.5, 0.6) is 11.5 Å². The van der Waals surface area contributed by atoms with Crippen molar-refractivity contribution in [3.63, 3.8) is 0 Å². The van der Waals surface area contributed by atoms with Crippen molar-refractivity contribution in [1.29, 1.82) is 0 Å². The first-order valence-electron chi connectivity index (χ1n) is 3.80. The molecule has 0 amide bonds. The number of rotatable bonds is 2. The van der Waals surface area contributed by atoms with Crippen molar-refractivity contribution in [2.24, 2.45) is 0 Å². The van der Waals surface area contributed by atoms with Crippen LogP contribution in [0.25, 0.3) is 11.1 Å². The summed E-state index contributed by atoms with van der Waals surface area (Å²) < 4.78 is 15.3. The molecule has 0 aliphatic carbocycles. The molecule has 0 spiro atoms. The number of methoxy groups -OCH3 is 2. The molecule has 0 aliphatic rings. The molecule has 1 aromatic heterocycles. The van der Waals surface area contributed by atoms with Crippen molar-refractivity contribution in [2.75, 3.05) is 14.2 Å². The van der Waals surface area contributed by atoms with E-state index in [0.29, 0.717) is 17.1 Å². The van der Waals surface area contributed by atoms with Crippen LogP contribution in [0.1, 0.15) is 0 Å². The van der Waals surface area contributed by atoms with Crippen LogP contribution in [0.3, 0.4) is 0 Å². The van der Waals surface area contributed by atoms with Crippen LogP contribution in [0.4, 0.5) is 0 Å². The summed E-state index contributed by atoms with van der Waals surface area (Å²) >= 11 is 0. The van der Waals surface area contributed by atoms with Crippen molar-refractivity contribution >= 4 is 11.1 Å². The normalized spacial score (nSPS) is 10.3. The van der Waals surface area contributed by atoms with Crippen molar-refractivity contribution in [3.8, 4) is 11.5 Å². The minimum Gasteiger partial charge on any atom is -0.493 e.